The summed E-state index contributed by atoms with van der Waals surface area (Å²) >= 11 is 0. The van der Waals surface area contributed by atoms with E-state index in [1.165, 1.54) is 4.90 Å². The standard InChI is InChI=1S/C11H22N2O3/c1-4-8(3)13(7-10(14)15)11(16)9(5-2)6-12/h8-9H,4-7,12H2,1-3H3,(H,14,15). The quantitative estimate of drug-likeness (QED) is 0.673. The molecule has 5 heteroatoms. The van der Waals surface area contributed by atoms with E-state index < -0.39 is 5.97 Å². The molecule has 0 radical (unpaired) electrons. The number of nitrogens with two attached hydrogens (primary N) is 1. The van der Waals surface area contributed by atoms with Crippen LogP contribution < -0.4 is 5.73 Å². The Bertz CT molecular complexity index is 239. The number of aliphatic carboxylic acids is 1. The van der Waals surface area contributed by atoms with Crippen LogP contribution in [0.25, 0.3) is 0 Å². The highest BCUT2D eigenvalue weighted by atomic mass is 16.4. The van der Waals surface area contributed by atoms with Crippen molar-refractivity contribution in [1.82, 2.24) is 4.90 Å². The molecule has 0 aromatic rings. The molecule has 0 aliphatic carbocycles. The number of rotatable bonds is 7. The summed E-state index contributed by atoms with van der Waals surface area (Å²) in [5.74, 6) is -1.41. The molecule has 0 aromatic heterocycles. The Hall–Kier alpha value is -1.10. The van der Waals surface area contributed by atoms with Crippen LogP contribution in [-0.2, 0) is 9.59 Å². The van der Waals surface area contributed by atoms with Crippen LogP contribution in [0.5, 0.6) is 0 Å². The maximum absolute atomic E-state index is 12.0. The zero-order valence-corrected chi connectivity index (χ0v) is 10.3. The van der Waals surface area contributed by atoms with Gasteiger partial charge < -0.3 is 15.7 Å². The average Bonchev–Trinajstić information content (AvgIpc) is 2.26. The minimum Gasteiger partial charge on any atom is -0.480 e. The molecule has 1 amide bonds. The van der Waals surface area contributed by atoms with Gasteiger partial charge in [0.15, 0.2) is 0 Å². The third-order valence-corrected chi connectivity index (χ3v) is 2.84. The lowest BCUT2D eigenvalue weighted by Gasteiger charge is -2.30. The lowest BCUT2D eigenvalue weighted by Crippen LogP contribution is -2.46. The summed E-state index contributed by atoms with van der Waals surface area (Å²) in [6.07, 6.45) is 1.38. The first-order valence-corrected chi connectivity index (χ1v) is 5.70. The number of carbonyl (C=O) groups excluding carboxylic acids is 1. The molecule has 5 nitrogen and oxygen atoms in total. The second-order valence-corrected chi connectivity index (χ2v) is 3.96. The second kappa shape index (κ2) is 7.22. The summed E-state index contributed by atoms with van der Waals surface area (Å²) < 4.78 is 0. The molecule has 2 atom stereocenters. The lowest BCUT2D eigenvalue weighted by atomic mass is 10.0. The Morgan fingerprint density at radius 1 is 1.31 bits per heavy atom. The predicted octanol–water partition coefficient (Wildman–Crippen LogP) is 0.683. The van der Waals surface area contributed by atoms with Crippen LogP contribution in [0, 0.1) is 5.92 Å². The third kappa shape index (κ3) is 4.18. The fraction of sp³-hybridized carbons (Fsp3) is 0.818. The minimum absolute atomic E-state index is 0.0656. The molecule has 2 unspecified atom stereocenters. The monoisotopic (exact) mass is 230 g/mol. The third-order valence-electron chi connectivity index (χ3n) is 2.84. The average molecular weight is 230 g/mol. The number of nitrogens with zero attached hydrogens (tertiary/aromatic N) is 1. The van der Waals surface area contributed by atoms with Gasteiger partial charge in [-0.2, -0.15) is 0 Å². The summed E-state index contributed by atoms with van der Waals surface area (Å²) in [6, 6.07) is -0.0656. The Morgan fingerprint density at radius 3 is 2.19 bits per heavy atom. The SMILES string of the molecule is CCC(CN)C(=O)N(CC(=O)O)C(C)CC. The van der Waals surface area contributed by atoms with Crippen molar-refractivity contribution in [2.45, 2.75) is 39.7 Å². The van der Waals surface area contributed by atoms with Crippen molar-refractivity contribution in [1.29, 1.82) is 0 Å². The first-order chi connectivity index (χ1) is 7.47. The van der Waals surface area contributed by atoms with Crippen LogP contribution in [0.15, 0.2) is 0 Å². The van der Waals surface area contributed by atoms with E-state index in [4.69, 9.17) is 10.8 Å². The molecule has 0 fully saturated rings. The molecular formula is C11H22N2O3. The number of carboxylic acid groups (broad SMARTS) is 1. The molecule has 0 heterocycles. The molecule has 16 heavy (non-hydrogen) atoms. The van der Waals surface area contributed by atoms with Crippen LogP contribution in [0.4, 0.5) is 0 Å². The Morgan fingerprint density at radius 2 is 1.88 bits per heavy atom. The van der Waals surface area contributed by atoms with Crippen molar-refractivity contribution >= 4 is 11.9 Å². The Labute approximate surface area is 96.6 Å². The van der Waals surface area contributed by atoms with Gasteiger partial charge in [0.2, 0.25) is 5.91 Å². The number of amides is 1. The predicted molar refractivity (Wildman–Crippen MR) is 61.9 cm³/mol. The fourth-order valence-corrected chi connectivity index (χ4v) is 1.49. The smallest absolute Gasteiger partial charge is 0.323 e. The molecule has 0 aliphatic heterocycles. The molecular weight excluding hydrogens is 208 g/mol. The van der Waals surface area contributed by atoms with Gasteiger partial charge in [0.1, 0.15) is 6.54 Å². The van der Waals surface area contributed by atoms with E-state index in [2.05, 4.69) is 0 Å². The number of hydrogen-bond acceptors (Lipinski definition) is 3. The zero-order chi connectivity index (χ0) is 12.7. The first-order valence-electron chi connectivity index (χ1n) is 5.70. The molecule has 0 saturated carbocycles. The van der Waals surface area contributed by atoms with Crippen molar-refractivity contribution in [3.05, 3.63) is 0 Å². The number of carbonyl (C=O) groups is 2. The van der Waals surface area contributed by atoms with Crippen molar-refractivity contribution in [2.24, 2.45) is 11.7 Å². The minimum atomic E-state index is -0.986. The largest absolute Gasteiger partial charge is 0.480 e. The van der Waals surface area contributed by atoms with Gasteiger partial charge in [0, 0.05) is 12.6 Å². The zero-order valence-electron chi connectivity index (χ0n) is 10.3. The van der Waals surface area contributed by atoms with Gasteiger partial charge in [-0.05, 0) is 19.8 Å². The lowest BCUT2D eigenvalue weighted by molar-refractivity contribution is -0.148. The van der Waals surface area contributed by atoms with E-state index in [0.717, 1.165) is 6.42 Å². The van der Waals surface area contributed by atoms with Gasteiger partial charge in [-0.3, -0.25) is 9.59 Å². The maximum atomic E-state index is 12.0. The summed E-state index contributed by atoms with van der Waals surface area (Å²) in [5, 5.41) is 8.78. The van der Waals surface area contributed by atoms with Crippen molar-refractivity contribution in [3.63, 3.8) is 0 Å². The van der Waals surface area contributed by atoms with Crippen molar-refractivity contribution < 1.29 is 14.7 Å². The van der Waals surface area contributed by atoms with E-state index in [1.807, 2.05) is 20.8 Å². The van der Waals surface area contributed by atoms with Gasteiger partial charge in [0.25, 0.3) is 0 Å². The van der Waals surface area contributed by atoms with Crippen LogP contribution in [0.1, 0.15) is 33.6 Å². The summed E-state index contributed by atoms with van der Waals surface area (Å²) in [5.41, 5.74) is 5.50. The summed E-state index contributed by atoms with van der Waals surface area (Å²) in [6.45, 7) is 5.68. The molecule has 0 rings (SSSR count). The van der Waals surface area contributed by atoms with Gasteiger partial charge in [-0.25, -0.2) is 0 Å². The van der Waals surface area contributed by atoms with E-state index >= 15 is 0 Å². The highest BCUT2D eigenvalue weighted by molar-refractivity contribution is 5.83. The van der Waals surface area contributed by atoms with Crippen LogP contribution >= 0.6 is 0 Å². The highest BCUT2D eigenvalue weighted by Gasteiger charge is 2.26. The number of hydrogen-bond donors (Lipinski definition) is 2. The van der Waals surface area contributed by atoms with E-state index in [1.54, 1.807) is 0 Å². The molecule has 0 saturated heterocycles. The van der Waals surface area contributed by atoms with Gasteiger partial charge >= 0.3 is 5.97 Å². The van der Waals surface area contributed by atoms with Crippen LogP contribution in [0.3, 0.4) is 0 Å². The first kappa shape index (κ1) is 14.9. The Kier molecular flexibility index (Phi) is 6.72. The molecule has 3 N–H and O–H groups in total. The summed E-state index contributed by atoms with van der Waals surface area (Å²) in [7, 11) is 0. The van der Waals surface area contributed by atoms with E-state index in [-0.39, 0.29) is 31.0 Å². The normalized spacial score (nSPS) is 14.2. The Balaban J connectivity index is 4.73. The van der Waals surface area contributed by atoms with Gasteiger partial charge in [0.05, 0.1) is 5.92 Å². The topological polar surface area (TPSA) is 83.6 Å². The maximum Gasteiger partial charge on any atom is 0.323 e. The van der Waals surface area contributed by atoms with Crippen molar-refractivity contribution in [3.8, 4) is 0 Å². The van der Waals surface area contributed by atoms with Gasteiger partial charge in [-0.15, -0.1) is 0 Å². The van der Waals surface area contributed by atoms with E-state index in [9.17, 15) is 9.59 Å². The fourth-order valence-electron chi connectivity index (χ4n) is 1.49. The molecule has 0 aromatic carbocycles. The molecule has 94 valence electrons. The molecule has 0 spiro atoms. The van der Waals surface area contributed by atoms with Gasteiger partial charge in [-0.1, -0.05) is 13.8 Å². The second-order valence-electron chi connectivity index (χ2n) is 3.96. The van der Waals surface area contributed by atoms with Crippen LogP contribution in [0.2, 0.25) is 0 Å². The van der Waals surface area contributed by atoms with Crippen LogP contribution in [-0.4, -0.2) is 41.0 Å². The van der Waals surface area contributed by atoms with E-state index in [0.29, 0.717) is 6.42 Å². The number of carboxylic acids is 1. The highest BCUT2D eigenvalue weighted by Crippen LogP contribution is 2.11. The van der Waals surface area contributed by atoms with Crippen molar-refractivity contribution in [2.75, 3.05) is 13.1 Å². The molecule has 0 aliphatic rings. The molecule has 0 bridgehead atoms. The summed E-state index contributed by atoms with van der Waals surface area (Å²) in [4.78, 5) is 24.1.